The Morgan fingerprint density at radius 2 is 1.73 bits per heavy atom. The van der Waals surface area contributed by atoms with E-state index in [1.807, 2.05) is 6.92 Å². The molecule has 0 saturated carbocycles. The summed E-state index contributed by atoms with van der Waals surface area (Å²) >= 11 is 0. The number of hydrogen-bond donors (Lipinski definition) is 6. The van der Waals surface area contributed by atoms with Gasteiger partial charge in [0.15, 0.2) is 12.6 Å². The molecule has 0 aromatic carbocycles. The van der Waals surface area contributed by atoms with Crippen molar-refractivity contribution in [1.29, 1.82) is 0 Å². The molecule has 0 aliphatic carbocycles. The number of aliphatic hydroxyl groups is 6. The fourth-order valence-corrected chi connectivity index (χ4v) is 2.87. The van der Waals surface area contributed by atoms with Gasteiger partial charge in [0.2, 0.25) is 0 Å². The van der Waals surface area contributed by atoms with Crippen LogP contribution in [0.1, 0.15) is 26.2 Å². The van der Waals surface area contributed by atoms with E-state index in [1.165, 1.54) is 0 Å². The molecule has 0 spiro atoms. The molecule has 10 heteroatoms. The van der Waals surface area contributed by atoms with E-state index in [2.05, 4.69) is 0 Å². The molecule has 8 unspecified atom stereocenters. The van der Waals surface area contributed by atoms with Crippen LogP contribution >= 0.6 is 0 Å². The second-order valence-corrected chi connectivity index (χ2v) is 6.81. The Bertz CT molecular complexity index is 424. The van der Waals surface area contributed by atoms with E-state index in [0.29, 0.717) is 6.61 Å². The monoisotopic (exact) mass is 382 g/mol. The summed E-state index contributed by atoms with van der Waals surface area (Å²) in [5.74, 6) is 0. The zero-order valence-corrected chi connectivity index (χ0v) is 14.8. The zero-order valence-electron chi connectivity index (χ0n) is 14.8. The summed E-state index contributed by atoms with van der Waals surface area (Å²) in [5.41, 5.74) is -1.82. The maximum absolute atomic E-state index is 10.1. The molecule has 6 N–H and O–H groups in total. The van der Waals surface area contributed by atoms with Gasteiger partial charge in [0.25, 0.3) is 0 Å². The van der Waals surface area contributed by atoms with E-state index in [1.54, 1.807) is 0 Å². The van der Waals surface area contributed by atoms with Crippen molar-refractivity contribution in [3.8, 4) is 0 Å². The zero-order chi connectivity index (χ0) is 19.3. The van der Waals surface area contributed by atoms with Crippen LogP contribution in [0.4, 0.5) is 0 Å². The van der Waals surface area contributed by atoms with E-state index < -0.39 is 55.3 Å². The Morgan fingerprint density at radius 3 is 2.35 bits per heavy atom. The number of rotatable bonds is 9. The van der Waals surface area contributed by atoms with Gasteiger partial charge in [-0.05, 0) is 6.42 Å². The molecule has 0 aromatic rings. The molecule has 2 rings (SSSR count). The Morgan fingerprint density at radius 1 is 1.00 bits per heavy atom. The third kappa shape index (κ3) is 4.90. The third-order valence-corrected chi connectivity index (χ3v) is 4.70. The Hall–Kier alpha value is -0.400. The van der Waals surface area contributed by atoms with Gasteiger partial charge in [0.05, 0.1) is 19.8 Å². The van der Waals surface area contributed by atoms with E-state index in [4.69, 9.17) is 24.1 Å². The molecule has 2 aliphatic rings. The minimum atomic E-state index is -1.82. The molecule has 2 fully saturated rings. The summed E-state index contributed by atoms with van der Waals surface area (Å²) < 4.78 is 21.3. The van der Waals surface area contributed by atoms with Gasteiger partial charge < -0.3 is 49.6 Å². The highest BCUT2D eigenvalue weighted by Crippen LogP contribution is 2.27. The smallest absolute Gasteiger partial charge is 0.186 e. The lowest BCUT2D eigenvalue weighted by molar-refractivity contribution is -0.309. The van der Waals surface area contributed by atoms with Crippen molar-refractivity contribution >= 4 is 0 Å². The van der Waals surface area contributed by atoms with Gasteiger partial charge in [0.1, 0.15) is 36.1 Å². The van der Waals surface area contributed by atoms with Crippen LogP contribution in [-0.2, 0) is 18.9 Å². The fraction of sp³-hybridized carbons (Fsp3) is 1.00. The quantitative estimate of drug-likeness (QED) is 0.235. The van der Waals surface area contributed by atoms with Gasteiger partial charge in [-0.2, -0.15) is 0 Å². The van der Waals surface area contributed by atoms with E-state index in [9.17, 15) is 25.5 Å². The summed E-state index contributed by atoms with van der Waals surface area (Å²) in [5, 5.41) is 59.0. The lowest BCUT2D eigenvalue weighted by Gasteiger charge is -2.40. The molecule has 0 bridgehead atoms. The van der Waals surface area contributed by atoms with Crippen molar-refractivity contribution in [1.82, 2.24) is 0 Å². The molecule has 26 heavy (non-hydrogen) atoms. The van der Waals surface area contributed by atoms with Crippen LogP contribution < -0.4 is 0 Å². The SMILES string of the molecule is CCCCCOC1OC(COC2OCC(O)(CO)C2O)C(O)C(O)C1O. The predicted molar refractivity (Wildman–Crippen MR) is 85.9 cm³/mol. The first-order valence-corrected chi connectivity index (χ1v) is 8.89. The maximum atomic E-state index is 10.1. The van der Waals surface area contributed by atoms with Crippen molar-refractivity contribution in [2.45, 2.75) is 74.9 Å². The highest BCUT2D eigenvalue weighted by molar-refractivity contribution is 4.94. The van der Waals surface area contributed by atoms with Crippen LogP contribution in [0.3, 0.4) is 0 Å². The first-order chi connectivity index (χ1) is 12.3. The highest BCUT2D eigenvalue weighted by atomic mass is 16.7. The van der Waals surface area contributed by atoms with Crippen molar-refractivity contribution in [3.63, 3.8) is 0 Å². The maximum Gasteiger partial charge on any atom is 0.186 e. The number of unbranched alkanes of at least 4 members (excludes halogenated alkanes) is 2. The van der Waals surface area contributed by atoms with E-state index in [-0.39, 0.29) is 13.2 Å². The minimum absolute atomic E-state index is 0.289. The van der Waals surface area contributed by atoms with Crippen LogP contribution in [0.2, 0.25) is 0 Å². The van der Waals surface area contributed by atoms with Crippen LogP contribution in [0.5, 0.6) is 0 Å². The first-order valence-electron chi connectivity index (χ1n) is 8.89. The van der Waals surface area contributed by atoms with Crippen LogP contribution in [0.15, 0.2) is 0 Å². The van der Waals surface area contributed by atoms with Crippen LogP contribution in [-0.4, -0.2) is 106 Å². The van der Waals surface area contributed by atoms with Gasteiger partial charge in [-0.1, -0.05) is 19.8 Å². The molecule has 0 aromatic heterocycles. The van der Waals surface area contributed by atoms with Crippen LogP contribution in [0.25, 0.3) is 0 Å². The molecule has 8 atom stereocenters. The fourth-order valence-electron chi connectivity index (χ4n) is 2.87. The molecule has 0 radical (unpaired) electrons. The standard InChI is InChI=1S/C16H30O10/c1-2-3-4-5-23-14-12(20)11(19)10(18)9(26-14)6-24-15-13(21)16(22,7-17)8-25-15/h9-15,17-22H,2-8H2,1H3. The summed E-state index contributed by atoms with van der Waals surface area (Å²) in [4.78, 5) is 0. The normalized spacial score (nSPS) is 43.7. The Kier molecular flexibility index (Phi) is 8.16. The minimum Gasteiger partial charge on any atom is -0.393 e. The van der Waals surface area contributed by atoms with Crippen LogP contribution in [0, 0.1) is 0 Å². The molecular formula is C16H30O10. The molecule has 0 amide bonds. The summed E-state index contributed by atoms with van der Waals surface area (Å²) in [7, 11) is 0. The van der Waals surface area contributed by atoms with Gasteiger partial charge >= 0.3 is 0 Å². The number of aliphatic hydroxyl groups excluding tert-OH is 5. The Balaban J connectivity index is 1.87. The average Bonchev–Trinajstić information content (AvgIpc) is 2.93. The van der Waals surface area contributed by atoms with Gasteiger partial charge in [-0.3, -0.25) is 0 Å². The second-order valence-electron chi connectivity index (χ2n) is 6.81. The van der Waals surface area contributed by atoms with Gasteiger partial charge in [-0.25, -0.2) is 0 Å². The summed E-state index contributed by atoms with van der Waals surface area (Å²) in [6, 6.07) is 0. The molecule has 2 saturated heterocycles. The lowest BCUT2D eigenvalue weighted by atomic mass is 9.99. The number of ether oxygens (including phenoxy) is 4. The average molecular weight is 382 g/mol. The molecular weight excluding hydrogens is 352 g/mol. The van der Waals surface area contributed by atoms with E-state index in [0.717, 1.165) is 19.3 Å². The van der Waals surface area contributed by atoms with E-state index >= 15 is 0 Å². The summed E-state index contributed by atoms with van der Waals surface area (Å²) in [6.45, 7) is 1.07. The van der Waals surface area contributed by atoms with Crippen molar-refractivity contribution in [3.05, 3.63) is 0 Å². The topological polar surface area (TPSA) is 158 Å². The predicted octanol–water partition coefficient (Wildman–Crippen LogP) is -2.54. The molecule has 2 aliphatic heterocycles. The Labute approximate surface area is 151 Å². The van der Waals surface area contributed by atoms with Crippen molar-refractivity contribution in [2.24, 2.45) is 0 Å². The van der Waals surface area contributed by atoms with Crippen molar-refractivity contribution in [2.75, 3.05) is 26.4 Å². The molecule has 154 valence electrons. The first kappa shape index (κ1) is 21.9. The number of hydrogen-bond acceptors (Lipinski definition) is 10. The second kappa shape index (κ2) is 9.69. The molecule has 10 nitrogen and oxygen atoms in total. The van der Waals surface area contributed by atoms with Gasteiger partial charge in [0, 0.05) is 6.61 Å². The largest absolute Gasteiger partial charge is 0.393 e. The van der Waals surface area contributed by atoms with Gasteiger partial charge in [-0.15, -0.1) is 0 Å². The van der Waals surface area contributed by atoms with Crippen molar-refractivity contribution < 1.29 is 49.6 Å². The summed E-state index contributed by atoms with van der Waals surface area (Å²) in [6.07, 6.45) is -6.48. The third-order valence-electron chi connectivity index (χ3n) is 4.70. The lowest BCUT2D eigenvalue weighted by Crippen LogP contribution is -2.59. The highest BCUT2D eigenvalue weighted by Gasteiger charge is 2.50. The molecule has 2 heterocycles.